The lowest BCUT2D eigenvalue weighted by atomic mass is 9.93. The number of phenols is 2. The van der Waals surface area contributed by atoms with Crippen LogP contribution in [0.1, 0.15) is 74.2 Å². The van der Waals surface area contributed by atoms with E-state index < -0.39 is 28.9 Å². The number of hydrogen-bond donors (Lipinski definition) is 2. The van der Waals surface area contributed by atoms with Gasteiger partial charge in [-0.2, -0.15) is 26.3 Å². The minimum atomic E-state index is -5.68. The third-order valence-electron chi connectivity index (χ3n) is 9.13. The fourth-order valence-corrected chi connectivity index (χ4v) is 10.7. The van der Waals surface area contributed by atoms with Crippen LogP contribution in [0, 0.1) is 0 Å². The van der Waals surface area contributed by atoms with Crippen molar-refractivity contribution in [3.63, 3.8) is 0 Å². The van der Waals surface area contributed by atoms with Crippen LogP contribution in [0.25, 0.3) is 41.1 Å². The van der Waals surface area contributed by atoms with E-state index in [1.165, 1.54) is 59.1 Å². The maximum Gasteiger partial charge on any atom is 0.380 e. The third-order valence-corrected chi connectivity index (χ3v) is 15.0. The number of allylic oxidation sites excluding steroid dienone is 2. The SMILES string of the molecule is CCc1sc(-c2ccc(C(C)(C)C)s2)cc1C1=C(c2cc(-c3ccc(C(C)(C)C)s3)sc2-c2ccc(O)cc2)C(F)(F)C(F)(F)C1(F)F.Oc1ccccc1. The quantitative estimate of drug-likeness (QED) is 0.164. The molecule has 0 aliphatic heterocycles. The molecule has 4 heterocycles. The van der Waals surface area contributed by atoms with Crippen LogP contribution in [0.15, 0.2) is 91.0 Å². The second-order valence-corrected chi connectivity index (χ2v) is 19.7. The Bertz CT molecular complexity index is 2330. The van der Waals surface area contributed by atoms with E-state index in [2.05, 4.69) is 0 Å². The van der Waals surface area contributed by atoms with Gasteiger partial charge in [-0.25, -0.2) is 0 Å². The number of hydrogen-bond acceptors (Lipinski definition) is 6. The summed E-state index contributed by atoms with van der Waals surface area (Å²) in [4.78, 5) is 5.03. The number of para-hydroxylation sites is 1. The number of aromatic hydroxyl groups is 2. The molecule has 1 aliphatic rings. The maximum absolute atomic E-state index is 16.2. The molecule has 2 nitrogen and oxygen atoms in total. The van der Waals surface area contributed by atoms with Gasteiger partial charge in [0.05, 0.1) is 0 Å². The zero-order valence-electron chi connectivity index (χ0n) is 31.2. The van der Waals surface area contributed by atoms with Crippen molar-refractivity contribution >= 4 is 56.5 Å². The zero-order chi connectivity index (χ0) is 40.3. The third kappa shape index (κ3) is 7.55. The Hall–Kier alpha value is -3.84. The highest BCUT2D eigenvalue weighted by Gasteiger charge is 2.80. The van der Waals surface area contributed by atoms with Crippen LogP contribution in [-0.4, -0.2) is 28.0 Å². The van der Waals surface area contributed by atoms with Crippen molar-refractivity contribution in [1.82, 2.24) is 0 Å². The lowest BCUT2D eigenvalue weighted by Gasteiger charge is -2.26. The van der Waals surface area contributed by atoms with Crippen molar-refractivity contribution in [2.75, 3.05) is 0 Å². The van der Waals surface area contributed by atoms with Gasteiger partial charge in [0.1, 0.15) is 11.5 Å². The van der Waals surface area contributed by atoms with Crippen LogP contribution in [0.2, 0.25) is 0 Å². The van der Waals surface area contributed by atoms with Gasteiger partial charge < -0.3 is 10.2 Å². The van der Waals surface area contributed by atoms with Crippen molar-refractivity contribution in [1.29, 1.82) is 0 Å². The molecule has 0 bridgehead atoms. The Balaban J connectivity index is 0.000000661. The van der Waals surface area contributed by atoms with E-state index in [1.54, 1.807) is 31.2 Å². The van der Waals surface area contributed by atoms with Crippen LogP contribution in [0.3, 0.4) is 0 Å². The molecule has 12 heteroatoms. The van der Waals surface area contributed by atoms with Crippen LogP contribution in [-0.2, 0) is 17.3 Å². The molecule has 0 saturated carbocycles. The first-order valence-electron chi connectivity index (χ1n) is 17.5. The summed E-state index contributed by atoms with van der Waals surface area (Å²) < 4.78 is 95.8. The first-order chi connectivity index (χ1) is 25.6. The molecule has 1 aliphatic carbocycles. The standard InChI is InChI=1S/C37H34F6OS4.C6H6O/c1-8-23-21(17-26(45-23)24-13-15-28(46-24)33(2,3)4)30-31(36(40,41)37(42,43)35(30,38)39)22-18-27(25-14-16-29(47-25)34(5,6)7)48-32(22)19-9-11-20(44)12-10-19;7-6-4-2-1-3-5-6/h9-18,44H,8H2,1-7H3;1-5,7H. The van der Waals surface area contributed by atoms with Crippen LogP contribution in [0.4, 0.5) is 26.3 Å². The summed E-state index contributed by atoms with van der Waals surface area (Å²) in [6.07, 6.45) is 0.186. The summed E-state index contributed by atoms with van der Waals surface area (Å²) >= 11 is 5.13. The predicted octanol–water partition coefficient (Wildman–Crippen LogP) is 15.0. The van der Waals surface area contributed by atoms with E-state index >= 15 is 26.3 Å². The molecule has 290 valence electrons. The van der Waals surface area contributed by atoms with Gasteiger partial charge in [0, 0.05) is 55.7 Å². The molecular weight excluding hydrogens is 791 g/mol. The summed E-state index contributed by atoms with van der Waals surface area (Å²) in [6.45, 7) is 13.9. The fourth-order valence-electron chi connectivity index (χ4n) is 6.16. The molecule has 0 fully saturated rings. The average Bonchev–Trinajstić information content (AvgIpc) is 3.93. The number of rotatable bonds is 6. The van der Waals surface area contributed by atoms with Crippen molar-refractivity contribution in [2.45, 2.75) is 83.5 Å². The summed E-state index contributed by atoms with van der Waals surface area (Å²) in [5.41, 5.74) is -3.40. The first kappa shape index (κ1) is 40.8. The van der Waals surface area contributed by atoms with E-state index in [1.807, 2.05) is 71.9 Å². The molecule has 0 unspecified atom stereocenters. The van der Waals surface area contributed by atoms with Crippen molar-refractivity contribution in [3.05, 3.63) is 117 Å². The highest BCUT2D eigenvalue weighted by molar-refractivity contribution is 7.24. The Morgan fingerprint density at radius 3 is 1.42 bits per heavy atom. The fraction of sp³-hybridized carbons (Fsp3) is 0.302. The molecule has 6 aromatic rings. The van der Waals surface area contributed by atoms with Gasteiger partial charge in [0.2, 0.25) is 0 Å². The molecule has 2 N–H and O–H groups in total. The monoisotopic (exact) mass is 830 g/mol. The average molecular weight is 831 g/mol. The number of phenolic OH excluding ortho intramolecular Hbond substituents is 2. The van der Waals surface area contributed by atoms with E-state index in [0.29, 0.717) is 30.8 Å². The molecule has 55 heavy (non-hydrogen) atoms. The number of halogens is 6. The first-order valence-corrected chi connectivity index (χ1v) is 20.7. The molecule has 0 saturated heterocycles. The number of alkyl halides is 6. The Morgan fingerprint density at radius 2 is 0.982 bits per heavy atom. The van der Waals surface area contributed by atoms with Crippen LogP contribution >= 0.6 is 45.3 Å². The molecule has 0 amide bonds. The van der Waals surface area contributed by atoms with Gasteiger partial charge in [-0.15, -0.1) is 45.3 Å². The summed E-state index contributed by atoms with van der Waals surface area (Å²) in [5, 5.41) is 18.6. The highest BCUT2D eigenvalue weighted by atomic mass is 32.1. The van der Waals surface area contributed by atoms with Crippen molar-refractivity contribution in [3.8, 4) is 41.4 Å². The van der Waals surface area contributed by atoms with Crippen LogP contribution < -0.4 is 0 Å². The van der Waals surface area contributed by atoms with Gasteiger partial charge in [0.15, 0.2) is 0 Å². The van der Waals surface area contributed by atoms with Gasteiger partial charge in [-0.05, 0) is 101 Å². The van der Waals surface area contributed by atoms with Crippen molar-refractivity contribution < 1.29 is 36.6 Å². The van der Waals surface area contributed by atoms with Crippen LogP contribution in [0.5, 0.6) is 11.5 Å². The second kappa shape index (κ2) is 14.6. The molecule has 0 atom stereocenters. The Labute approximate surface area is 333 Å². The molecular formula is C43H40F6O2S4. The van der Waals surface area contributed by atoms with E-state index in [-0.39, 0.29) is 39.0 Å². The van der Waals surface area contributed by atoms with Gasteiger partial charge in [-0.1, -0.05) is 66.7 Å². The lowest BCUT2D eigenvalue weighted by Crippen LogP contribution is -2.48. The van der Waals surface area contributed by atoms with Crippen molar-refractivity contribution in [2.24, 2.45) is 0 Å². The van der Waals surface area contributed by atoms with E-state index in [4.69, 9.17) is 5.11 Å². The van der Waals surface area contributed by atoms with Gasteiger partial charge >= 0.3 is 17.8 Å². The topological polar surface area (TPSA) is 40.5 Å². The summed E-state index contributed by atoms with van der Waals surface area (Å²) in [5.74, 6) is -15.8. The molecule has 7 rings (SSSR count). The molecule has 4 aromatic heterocycles. The predicted molar refractivity (Wildman–Crippen MR) is 219 cm³/mol. The largest absolute Gasteiger partial charge is 0.508 e. The second-order valence-electron chi connectivity index (χ2n) is 15.3. The minimum Gasteiger partial charge on any atom is -0.508 e. The van der Waals surface area contributed by atoms with Gasteiger partial charge in [0.25, 0.3) is 0 Å². The Kier molecular flexibility index (Phi) is 10.8. The zero-order valence-corrected chi connectivity index (χ0v) is 34.4. The van der Waals surface area contributed by atoms with E-state index in [9.17, 15) is 5.11 Å². The minimum absolute atomic E-state index is 0.0871. The summed E-state index contributed by atoms with van der Waals surface area (Å²) in [7, 11) is 0. The number of aryl methyl sites for hydroxylation is 1. The molecule has 2 aromatic carbocycles. The maximum atomic E-state index is 16.2. The normalized spacial score (nSPS) is 16.3. The van der Waals surface area contributed by atoms with E-state index in [0.717, 1.165) is 37.3 Å². The Morgan fingerprint density at radius 1 is 0.527 bits per heavy atom. The van der Waals surface area contributed by atoms with Gasteiger partial charge in [-0.3, -0.25) is 0 Å². The summed E-state index contributed by atoms with van der Waals surface area (Å²) in [6, 6.07) is 24.6. The highest BCUT2D eigenvalue weighted by Crippen LogP contribution is 2.67. The number of benzene rings is 2. The lowest BCUT2D eigenvalue weighted by molar-refractivity contribution is -0.254. The number of thiophene rings is 4. The molecule has 0 radical (unpaired) electrons. The molecule has 0 spiro atoms. The smallest absolute Gasteiger partial charge is 0.380 e.